The van der Waals surface area contributed by atoms with Gasteiger partial charge < -0.3 is 13.9 Å². The van der Waals surface area contributed by atoms with Gasteiger partial charge >= 0.3 is 0 Å². The van der Waals surface area contributed by atoms with Crippen LogP contribution in [0.5, 0.6) is 0 Å². The van der Waals surface area contributed by atoms with Gasteiger partial charge in [0.1, 0.15) is 18.2 Å². The van der Waals surface area contributed by atoms with Crippen LogP contribution in [0.25, 0.3) is 103 Å². The number of nitrogens with one attached hydrogen (secondary N) is 1. The molecule has 0 saturated carbocycles. The fraction of sp³-hybridized carbons (Fsp3) is 0.149. The van der Waals surface area contributed by atoms with Crippen molar-refractivity contribution in [3.05, 3.63) is 463 Å². The highest BCUT2D eigenvalue weighted by Crippen LogP contribution is 2.27. The standard InChI is InChI=1S/6C8H6N2.C8H11N.C7H5N3.C7H6N2.2C7H10N2.C7H6N2.2C6H5N3.C6H8N2O.C5H4N2S/c1-3-9-6-8-2-4-10-5-7(1)8;1-3-9-5-8-6-10-4-2-7(1)8;1-2-7-6-9-5-3-8(7)10-4-1;1-2-7-3-5-9-6-8(7)10-4-1;1-2-4-8-7(3-1)5-9-6-10-8;1-2-4-8-7(3-1)9-5-6-10-8;1-2-4-8-6-9-5-7(8)3-1;1-2-6-7(9-3-1)10-5-4-8-6;1-2-8-4-7-5-9-3-6(1)7;1-2-6-9-7(3-1)4-5-8-9;1-2-4-9-6-8-5-7(9)3-1;1-2-4-7-6(3-1)5-8-9-7;1-2-6-3-5-8-9(6)7-4-1;1-2-8-6-4-7-5-9(6)3-1;1-2-9-4-6-3-7-5-8(1)6;1-2-7-3-4-8-5(7)6-1/h6*1-6H;5H,1-4,6H2;1-5H;1-4H,5H2;4-5H,1-3,6H2;5-6H,1-4H2;1-5H,(H,8,9);2*1-5H;3,5H,1-2,4H2;1-4H. The number of H-pyrrole nitrogens is 1. The Labute approximate surface area is 866 Å². The highest BCUT2D eigenvalue weighted by Gasteiger charge is 2.15. The van der Waals surface area contributed by atoms with Crippen molar-refractivity contribution < 1.29 is 4.74 Å². The number of benzene rings is 3. The summed E-state index contributed by atoms with van der Waals surface area (Å²) in [7, 11) is 0. The summed E-state index contributed by atoms with van der Waals surface area (Å²) in [5, 5.41) is 29.8. The average Bonchev–Trinajstić information content (AvgIpc) is 1.63. The summed E-state index contributed by atoms with van der Waals surface area (Å²) < 4.78 is 17.1. The molecule has 3 aromatic carbocycles. The number of nitrogens with zero attached hydrogens (tertiary/aromatic N) is 33. The minimum Gasteiger partial charge on any atom is -0.373 e. The fourth-order valence-corrected chi connectivity index (χ4v) is 16.3. The maximum Gasteiger partial charge on any atom is 0.193 e. The Morgan fingerprint density at radius 1 is 0.313 bits per heavy atom. The molecule has 0 fully saturated rings. The van der Waals surface area contributed by atoms with Crippen molar-refractivity contribution in [2.75, 3.05) is 13.2 Å². The fourth-order valence-electron chi connectivity index (χ4n) is 15.6. The van der Waals surface area contributed by atoms with Gasteiger partial charge in [0.15, 0.2) is 16.3 Å². The number of thiazole rings is 1. The lowest BCUT2D eigenvalue weighted by Crippen LogP contribution is -2.14. The van der Waals surface area contributed by atoms with Gasteiger partial charge in [0.05, 0.1) is 114 Å². The SMILES string of the molecule is C1=NCC2=C1CCCC2.C1=NCc2cnccc21.c1cc2ccncc2cn1.c1cc2cnccc2cn1.c1cc2n(n1)CCCC2.c1ccc2[nH]ncc2c1.c1ccc2nccnc2c1.c1ccc2ncncc2c1.c1cn2ccsc2n1.c1cnc2ccncc2c1.c1cnc2cnccc2c1.c1cnc2cncn2c1.c1cnc2nccnc2c1.c1cnn2nccc2c1.c1ncn2c1CCCC2.c1ncn2c1COCC2. The van der Waals surface area contributed by atoms with E-state index in [9.17, 15) is 0 Å². The van der Waals surface area contributed by atoms with Crippen molar-refractivity contribution in [2.45, 2.75) is 97.0 Å². The highest BCUT2D eigenvalue weighted by atomic mass is 32.1. The van der Waals surface area contributed by atoms with Crippen LogP contribution in [0.2, 0.25) is 0 Å². The van der Waals surface area contributed by atoms with Gasteiger partial charge in [-0.15, -0.1) is 11.3 Å². The summed E-state index contributed by atoms with van der Waals surface area (Å²) in [6, 6.07) is 58.7. The third-order valence-electron chi connectivity index (χ3n) is 23.3. The molecule has 6 aliphatic rings. The van der Waals surface area contributed by atoms with Crippen LogP contribution >= 0.6 is 11.3 Å². The Kier molecular flexibility index (Phi) is 38.7. The number of aryl methyl sites for hydroxylation is 4. The van der Waals surface area contributed by atoms with E-state index in [2.05, 4.69) is 166 Å². The van der Waals surface area contributed by atoms with Crippen LogP contribution in [0.1, 0.15) is 79.6 Å². The molecule has 26 aromatic rings. The van der Waals surface area contributed by atoms with Gasteiger partial charge in [-0.1, -0.05) is 54.6 Å². The Morgan fingerprint density at radius 2 is 0.893 bits per heavy atom. The molecule has 0 bridgehead atoms. The minimum absolute atomic E-state index is 0.699. The molecule has 150 heavy (non-hydrogen) atoms. The van der Waals surface area contributed by atoms with E-state index in [-0.39, 0.29) is 0 Å². The highest BCUT2D eigenvalue weighted by molar-refractivity contribution is 7.15. The summed E-state index contributed by atoms with van der Waals surface area (Å²) in [5.41, 5.74) is 19.0. The number of ether oxygens (including phenoxy) is 1. The number of allylic oxidation sites excluding steroid dienone is 1. The van der Waals surface area contributed by atoms with Crippen LogP contribution in [0.3, 0.4) is 0 Å². The van der Waals surface area contributed by atoms with E-state index < -0.39 is 0 Å². The van der Waals surface area contributed by atoms with Crippen LogP contribution < -0.4 is 0 Å². The molecule has 28 heterocycles. The normalized spacial score (nSPS) is 12.5. The predicted octanol–water partition coefficient (Wildman–Crippen LogP) is 21.0. The zero-order valence-corrected chi connectivity index (χ0v) is 82.9. The zero-order valence-electron chi connectivity index (χ0n) is 82.1. The molecule has 5 aliphatic heterocycles. The van der Waals surface area contributed by atoms with Crippen LogP contribution in [0.4, 0.5) is 0 Å². The van der Waals surface area contributed by atoms with Crippen molar-refractivity contribution in [3.8, 4) is 0 Å². The molecular weight excluding hydrogens is 1890 g/mol. The summed E-state index contributed by atoms with van der Waals surface area (Å²) in [5.74, 6) is 0. The molecular formula is C114H106N34OS. The van der Waals surface area contributed by atoms with E-state index in [4.69, 9.17) is 4.74 Å². The maximum absolute atomic E-state index is 5.19. The number of rotatable bonds is 0. The Morgan fingerprint density at radius 3 is 1.63 bits per heavy atom. The summed E-state index contributed by atoms with van der Waals surface area (Å²) in [4.78, 5) is 93.8. The van der Waals surface area contributed by atoms with E-state index in [1.807, 2.05) is 296 Å². The molecule has 0 amide bonds. The first-order chi connectivity index (χ1) is 74.5. The lowest BCUT2D eigenvalue weighted by atomic mass is 9.94. The smallest absolute Gasteiger partial charge is 0.193 e. The number of aromatic amines is 1. The van der Waals surface area contributed by atoms with Gasteiger partial charge in [-0.2, -0.15) is 25.0 Å². The molecule has 0 atom stereocenters. The van der Waals surface area contributed by atoms with Gasteiger partial charge in [0.2, 0.25) is 0 Å². The second-order valence-electron chi connectivity index (χ2n) is 33.4. The summed E-state index contributed by atoms with van der Waals surface area (Å²) in [6.07, 6.45) is 85.0. The predicted molar refractivity (Wildman–Crippen MR) is 586 cm³/mol. The number of hydrogen-bond donors (Lipinski definition) is 1. The Bertz CT molecular complexity index is 7000. The second kappa shape index (κ2) is 56.7. The van der Waals surface area contributed by atoms with Gasteiger partial charge in [0.25, 0.3) is 0 Å². The Hall–Kier alpha value is -19.2. The minimum atomic E-state index is 0.699. The lowest BCUT2D eigenvalue weighted by Gasteiger charge is -2.13. The van der Waals surface area contributed by atoms with Crippen molar-refractivity contribution in [1.82, 2.24) is 157 Å². The number of imidazole rings is 4. The number of pyridine rings is 10. The molecule has 0 saturated heterocycles. The number of hydrogen-bond acceptors (Lipinski definition) is 29. The second-order valence-corrected chi connectivity index (χ2v) is 34.3. The van der Waals surface area contributed by atoms with Crippen molar-refractivity contribution in [2.24, 2.45) is 9.98 Å². The van der Waals surface area contributed by atoms with E-state index in [0.29, 0.717) is 5.65 Å². The zero-order chi connectivity index (χ0) is 102. The van der Waals surface area contributed by atoms with Gasteiger partial charge in [-0.05, 0) is 208 Å². The average molecular weight is 2000 g/mol. The first-order valence-electron chi connectivity index (χ1n) is 48.8. The summed E-state index contributed by atoms with van der Waals surface area (Å²) in [6.45, 7) is 6.62. The maximum atomic E-state index is 5.19. The molecule has 23 aromatic heterocycles. The summed E-state index contributed by atoms with van der Waals surface area (Å²) >= 11 is 1.65. The van der Waals surface area contributed by atoms with Gasteiger partial charge in [-0.25, -0.2) is 44.9 Å². The first-order valence-corrected chi connectivity index (χ1v) is 49.7. The van der Waals surface area contributed by atoms with E-state index in [1.165, 1.54) is 104 Å². The molecule has 0 unspecified atom stereocenters. The van der Waals surface area contributed by atoms with Crippen LogP contribution in [0, 0.1) is 0 Å². The van der Waals surface area contributed by atoms with Gasteiger partial charge in [0, 0.05) is 277 Å². The number of fused-ring (bicyclic) bond motifs is 15. The van der Waals surface area contributed by atoms with Crippen LogP contribution in [-0.2, 0) is 50.4 Å². The molecule has 0 radical (unpaired) electrons. The Balaban J connectivity index is 0.000000109. The number of para-hydroxylation sites is 4. The quantitative estimate of drug-likeness (QED) is 0.147. The van der Waals surface area contributed by atoms with Crippen LogP contribution in [-0.4, -0.2) is 183 Å². The first kappa shape index (κ1) is 102. The third kappa shape index (κ3) is 31.4. The molecule has 32 rings (SSSR count). The largest absolute Gasteiger partial charge is 0.373 e. The third-order valence-corrected chi connectivity index (χ3v) is 24.1. The lowest BCUT2D eigenvalue weighted by molar-refractivity contribution is 0.0850. The monoisotopic (exact) mass is 2000 g/mol. The molecule has 0 spiro atoms. The van der Waals surface area contributed by atoms with E-state index in [0.717, 1.165) is 132 Å². The van der Waals surface area contributed by atoms with Crippen molar-refractivity contribution in [3.63, 3.8) is 0 Å². The topological polar surface area (TPSA) is 400 Å². The molecule has 1 N–H and O–H groups in total. The number of aromatic nitrogens is 32. The van der Waals surface area contributed by atoms with Gasteiger partial charge in [-0.3, -0.25) is 88.4 Å². The van der Waals surface area contributed by atoms with E-state index in [1.54, 1.807) is 164 Å². The van der Waals surface area contributed by atoms with E-state index >= 15 is 0 Å². The number of aliphatic imine (C=N–C) groups is 2. The molecule has 36 heteroatoms. The van der Waals surface area contributed by atoms with Crippen molar-refractivity contribution in [1.29, 1.82) is 0 Å². The van der Waals surface area contributed by atoms with Crippen molar-refractivity contribution >= 4 is 127 Å². The van der Waals surface area contributed by atoms with Crippen LogP contribution in [0.15, 0.2) is 445 Å². The molecule has 1 aliphatic carbocycles. The molecule has 35 nitrogen and oxygen atoms in total. The molecule has 744 valence electrons.